The standard InChI is InChI=1S/C15H14FN3O2/c1-9(20)19-15(18)13-6-5-11(17)8-14(13)21-12-4-2-3-10(16)7-12/h2-8H,17H2,1H3,(H2,18,19,20). The molecule has 6 heteroatoms. The van der Waals surface area contributed by atoms with Crippen LogP contribution in [0.4, 0.5) is 10.1 Å². The van der Waals surface area contributed by atoms with Gasteiger partial charge in [0.25, 0.3) is 0 Å². The van der Waals surface area contributed by atoms with Gasteiger partial charge >= 0.3 is 0 Å². The van der Waals surface area contributed by atoms with E-state index >= 15 is 0 Å². The van der Waals surface area contributed by atoms with Crippen LogP contribution in [0.3, 0.4) is 0 Å². The summed E-state index contributed by atoms with van der Waals surface area (Å²) in [6.45, 7) is 1.29. The highest BCUT2D eigenvalue weighted by atomic mass is 19.1. The van der Waals surface area contributed by atoms with Gasteiger partial charge in [-0.25, -0.2) is 4.39 Å². The number of amidine groups is 1. The second-order valence-corrected chi connectivity index (χ2v) is 4.33. The van der Waals surface area contributed by atoms with Gasteiger partial charge in [0.1, 0.15) is 23.2 Å². The molecule has 0 aliphatic carbocycles. The lowest BCUT2D eigenvalue weighted by Crippen LogP contribution is -2.16. The Bertz CT molecular complexity index is 714. The van der Waals surface area contributed by atoms with Gasteiger partial charge < -0.3 is 16.2 Å². The average Bonchev–Trinajstić information content (AvgIpc) is 2.37. The van der Waals surface area contributed by atoms with Gasteiger partial charge in [0.05, 0.1) is 5.56 Å². The number of amides is 1. The second kappa shape index (κ2) is 6.04. The van der Waals surface area contributed by atoms with Crippen molar-refractivity contribution in [1.82, 2.24) is 0 Å². The molecule has 0 saturated carbocycles. The maximum absolute atomic E-state index is 13.2. The van der Waals surface area contributed by atoms with Crippen molar-refractivity contribution in [2.45, 2.75) is 6.92 Å². The maximum atomic E-state index is 13.2. The Morgan fingerprint density at radius 2 is 2.00 bits per heavy atom. The number of ether oxygens (including phenoxy) is 1. The molecule has 0 heterocycles. The molecule has 0 unspecified atom stereocenters. The van der Waals surface area contributed by atoms with E-state index in [0.29, 0.717) is 17.0 Å². The quantitative estimate of drug-likeness (QED) is 0.515. The van der Waals surface area contributed by atoms with Crippen LogP contribution < -0.4 is 16.2 Å². The minimum atomic E-state index is -0.430. The molecule has 0 spiro atoms. The molecule has 2 rings (SSSR count). The Balaban J connectivity index is 2.42. The number of rotatable bonds is 3. The van der Waals surface area contributed by atoms with Gasteiger partial charge in [0.2, 0.25) is 5.91 Å². The maximum Gasteiger partial charge on any atom is 0.244 e. The minimum Gasteiger partial charge on any atom is -0.456 e. The SMILES string of the molecule is CC(=O)N=C(N)c1ccc(N)cc1Oc1cccc(F)c1. The third-order valence-corrected chi connectivity index (χ3v) is 2.58. The largest absolute Gasteiger partial charge is 0.456 e. The van der Waals surface area contributed by atoms with Crippen LogP contribution in [0.15, 0.2) is 47.5 Å². The first kappa shape index (κ1) is 14.5. The summed E-state index contributed by atoms with van der Waals surface area (Å²) in [5.41, 5.74) is 12.3. The van der Waals surface area contributed by atoms with E-state index in [0.717, 1.165) is 0 Å². The van der Waals surface area contributed by atoms with Gasteiger partial charge in [-0.1, -0.05) is 6.07 Å². The zero-order chi connectivity index (χ0) is 15.4. The predicted molar refractivity (Wildman–Crippen MR) is 78.7 cm³/mol. The molecule has 0 bridgehead atoms. The van der Waals surface area contributed by atoms with Crippen molar-refractivity contribution in [3.8, 4) is 11.5 Å². The first-order valence-electron chi connectivity index (χ1n) is 6.14. The van der Waals surface area contributed by atoms with Gasteiger partial charge in [-0.2, -0.15) is 4.99 Å². The van der Waals surface area contributed by atoms with Crippen molar-refractivity contribution in [3.63, 3.8) is 0 Å². The predicted octanol–water partition coefficient (Wildman–Crippen LogP) is 2.45. The molecule has 108 valence electrons. The number of carbonyl (C=O) groups is 1. The molecule has 0 aliphatic rings. The first-order valence-corrected chi connectivity index (χ1v) is 6.14. The molecule has 0 atom stereocenters. The molecule has 0 fully saturated rings. The summed E-state index contributed by atoms with van der Waals surface area (Å²) in [7, 11) is 0. The summed E-state index contributed by atoms with van der Waals surface area (Å²) < 4.78 is 18.8. The number of halogens is 1. The molecule has 21 heavy (non-hydrogen) atoms. The Labute approximate surface area is 121 Å². The van der Waals surface area contributed by atoms with Crippen LogP contribution in [0, 0.1) is 5.82 Å². The van der Waals surface area contributed by atoms with Gasteiger partial charge in [0, 0.05) is 24.7 Å². The smallest absolute Gasteiger partial charge is 0.244 e. The molecular weight excluding hydrogens is 273 g/mol. The zero-order valence-corrected chi connectivity index (χ0v) is 11.3. The fourth-order valence-corrected chi connectivity index (χ4v) is 1.72. The lowest BCUT2D eigenvalue weighted by molar-refractivity contribution is -0.115. The Morgan fingerprint density at radius 3 is 2.67 bits per heavy atom. The number of anilines is 1. The van der Waals surface area contributed by atoms with Crippen molar-refractivity contribution in [1.29, 1.82) is 0 Å². The van der Waals surface area contributed by atoms with Crippen LogP contribution in [0.25, 0.3) is 0 Å². The number of hydrogen-bond acceptors (Lipinski definition) is 3. The van der Waals surface area contributed by atoms with E-state index in [1.807, 2.05) is 0 Å². The fourth-order valence-electron chi connectivity index (χ4n) is 1.72. The summed E-state index contributed by atoms with van der Waals surface area (Å²) in [6, 6.07) is 10.4. The topological polar surface area (TPSA) is 90.7 Å². The highest BCUT2D eigenvalue weighted by Gasteiger charge is 2.10. The van der Waals surface area contributed by atoms with Crippen molar-refractivity contribution >= 4 is 17.4 Å². The van der Waals surface area contributed by atoms with E-state index < -0.39 is 11.7 Å². The number of nitrogens with two attached hydrogens (primary N) is 2. The molecule has 2 aromatic carbocycles. The molecule has 0 aromatic heterocycles. The Kier molecular flexibility index (Phi) is 4.18. The minimum absolute atomic E-state index is 0.00824. The third kappa shape index (κ3) is 3.79. The van der Waals surface area contributed by atoms with Gasteiger partial charge in [0.15, 0.2) is 0 Å². The molecule has 0 radical (unpaired) electrons. The first-order chi connectivity index (χ1) is 9.95. The van der Waals surface area contributed by atoms with Crippen molar-refractivity contribution < 1.29 is 13.9 Å². The summed E-state index contributed by atoms with van der Waals surface area (Å²) in [5.74, 6) is -0.265. The van der Waals surface area contributed by atoms with Crippen molar-refractivity contribution in [3.05, 3.63) is 53.8 Å². The molecule has 0 saturated heterocycles. The number of nitrogens with zero attached hydrogens (tertiary/aromatic N) is 1. The Morgan fingerprint density at radius 1 is 1.24 bits per heavy atom. The van der Waals surface area contributed by atoms with Crippen LogP contribution in [-0.2, 0) is 4.79 Å². The van der Waals surface area contributed by atoms with E-state index in [-0.39, 0.29) is 11.6 Å². The third-order valence-electron chi connectivity index (χ3n) is 2.58. The summed E-state index contributed by atoms with van der Waals surface area (Å²) in [5, 5.41) is 0. The monoisotopic (exact) mass is 287 g/mol. The zero-order valence-electron chi connectivity index (χ0n) is 11.3. The lowest BCUT2D eigenvalue weighted by Gasteiger charge is -2.11. The van der Waals surface area contributed by atoms with Gasteiger partial charge in [-0.15, -0.1) is 0 Å². The van der Waals surface area contributed by atoms with Crippen LogP contribution in [0.2, 0.25) is 0 Å². The van der Waals surface area contributed by atoms with Crippen LogP contribution in [0.1, 0.15) is 12.5 Å². The van der Waals surface area contributed by atoms with E-state index in [1.54, 1.807) is 18.2 Å². The Hall–Kier alpha value is -2.89. The van der Waals surface area contributed by atoms with Gasteiger partial charge in [-0.05, 0) is 24.3 Å². The number of benzene rings is 2. The van der Waals surface area contributed by atoms with E-state index in [9.17, 15) is 9.18 Å². The number of carbonyl (C=O) groups excluding carboxylic acids is 1. The highest BCUT2D eigenvalue weighted by molar-refractivity contribution is 6.05. The molecular formula is C15H14FN3O2. The van der Waals surface area contributed by atoms with Crippen LogP contribution in [-0.4, -0.2) is 11.7 Å². The molecule has 0 aliphatic heterocycles. The highest BCUT2D eigenvalue weighted by Crippen LogP contribution is 2.28. The van der Waals surface area contributed by atoms with Crippen LogP contribution >= 0.6 is 0 Å². The summed E-state index contributed by atoms with van der Waals surface area (Å²) in [6.07, 6.45) is 0. The molecule has 1 amide bonds. The number of hydrogen-bond donors (Lipinski definition) is 2. The second-order valence-electron chi connectivity index (χ2n) is 4.33. The average molecular weight is 287 g/mol. The molecule has 5 nitrogen and oxygen atoms in total. The number of aliphatic imine (C=N–C) groups is 1. The fraction of sp³-hybridized carbons (Fsp3) is 0.0667. The summed E-state index contributed by atoms with van der Waals surface area (Å²) in [4.78, 5) is 14.7. The molecule has 2 aromatic rings. The van der Waals surface area contributed by atoms with E-state index in [2.05, 4.69) is 4.99 Å². The molecule has 4 N–H and O–H groups in total. The van der Waals surface area contributed by atoms with Crippen molar-refractivity contribution in [2.75, 3.05) is 5.73 Å². The van der Waals surface area contributed by atoms with Crippen molar-refractivity contribution in [2.24, 2.45) is 10.7 Å². The van der Waals surface area contributed by atoms with Crippen LogP contribution in [0.5, 0.6) is 11.5 Å². The normalized spacial score (nSPS) is 11.2. The summed E-state index contributed by atoms with van der Waals surface area (Å²) >= 11 is 0. The van der Waals surface area contributed by atoms with E-state index in [4.69, 9.17) is 16.2 Å². The van der Waals surface area contributed by atoms with Gasteiger partial charge in [-0.3, -0.25) is 4.79 Å². The van der Waals surface area contributed by atoms with E-state index in [1.165, 1.54) is 31.2 Å². The lowest BCUT2D eigenvalue weighted by atomic mass is 10.1. The number of nitrogen functional groups attached to an aromatic ring is 1.